The van der Waals surface area contributed by atoms with Crippen LogP contribution in [0.15, 0.2) is 47.1 Å². The van der Waals surface area contributed by atoms with Gasteiger partial charge in [0.05, 0.1) is 5.69 Å². The number of rotatable bonds is 4. The summed E-state index contributed by atoms with van der Waals surface area (Å²) in [6, 6.07) is 9.79. The molecule has 30 heavy (non-hydrogen) atoms. The van der Waals surface area contributed by atoms with Crippen LogP contribution in [-0.2, 0) is 4.79 Å². The van der Waals surface area contributed by atoms with Crippen LogP contribution in [-0.4, -0.2) is 39.2 Å². The number of aromatic amines is 1. The first kappa shape index (κ1) is 18.8. The van der Waals surface area contributed by atoms with Crippen molar-refractivity contribution < 1.29 is 18.8 Å². The first-order valence-electron chi connectivity index (χ1n) is 10.1. The van der Waals surface area contributed by atoms with E-state index in [0.29, 0.717) is 18.7 Å². The average Bonchev–Trinajstić information content (AvgIpc) is 3.32. The molecular weight excluding hydrogens is 385 g/mol. The maximum Gasteiger partial charge on any atom is 0.325 e. The van der Waals surface area contributed by atoms with Crippen LogP contribution in [0.1, 0.15) is 41.6 Å². The second-order valence-corrected chi connectivity index (χ2v) is 8.05. The van der Waals surface area contributed by atoms with Gasteiger partial charge in [-0.25, -0.2) is 4.39 Å². The molecule has 154 valence electrons. The number of piperidine rings is 1. The number of H-pyrrole nitrogens is 1. The molecule has 5 rings (SSSR count). The monoisotopic (exact) mass is 407 g/mol. The minimum absolute atomic E-state index is 0.160. The fraction of sp³-hybridized carbons (Fsp3) is 0.304. The number of nitrogens with zero attached hydrogens (tertiary/aromatic N) is 2. The number of aryl methyl sites for hydroxylation is 1. The van der Waals surface area contributed by atoms with Gasteiger partial charge in [0.15, 0.2) is 5.58 Å². The van der Waals surface area contributed by atoms with E-state index < -0.39 is 12.0 Å². The summed E-state index contributed by atoms with van der Waals surface area (Å²) < 4.78 is 18.7. The molecule has 4 aromatic rings. The normalized spacial score (nSPS) is 17.0. The molecule has 1 atom stereocenters. The van der Waals surface area contributed by atoms with Crippen LogP contribution in [0.3, 0.4) is 0 Å². The molecule has 1 aliphatic heterocycles. The number of fused-ring (bicyclic) bond motifs is 2. The Labute approximate surface area is 172 Å². The van der Waals surface area contributed by atoms with E-state index in [-0.39, 0.29) is 11.7 Å². The van der Waals surface area contributed by atoms with Crippen molar-refractivity contribution in [1.29, 1.82) is 0 Å². The van der Waals surface area contributed by atoms with Crippen molar-refractivity contribution in [2.45, 2.75) is 31.7 Å². The largest absolute Gasteiger partial charge is 0.480 e. The zero-order chi connectivity index (χ0) is 20.8. The van der Waals surface area contributed by atoms with Crippen molar-refractivity contribution >= 4 is 27.8 Å². The zero-order valence-electron chi connectivity index (χ0n) is 16.6. The van der Waals surface area contributed by atoms with Crippen molar-refractivity contribution in [2.75, 3.05) is 13.1 Å². The third kappa shape index (κ3) is 3.15. The predicted molar refractivity (Wildman–Crippen MR) is 111 cm³/mol. The van der Waals surface area contributed by atoms with Crippen molar-refractivity contribution in [2.24, 2.45) is 0 Å². The van der Waals surface area contributed by atoms with Crippen LogP contribution in [0.2, 0.25) is 0 Å². The molecule has 2 aromatic carbocycles. The maximum atomic E-state index is 13.4. The van der Waals surface area contributed by atoms with Crippen LogP contribution in [0.5, 0.6) is 0 Å². The van der Waals surface area contributed by atoms with Crippen molar-refractivity contribution in [1.82, 2.24) is 15.0 Å². The topological polar surface area (TPSA) is 82.4 Å². The number of benzene rings is 2. The molecule has 0 amide bonds. The summed E-state index contributed by atoms with van der Waals surface area (Å²) in [6.45, 7) is 3.27. The van der Waals surface area contributed by atoms with Gasteiger partial charge in [0, 0.05) is 40.0 Å². The molecule has 2 N–H and O–H groups in total. The molecule has 0 bridgehead atoms. The van der Waals surface area contributed by atoms with Gasteiger partial charge in [-0.1, -0.05) is 16.8 Å². The minimum Gasteiger partial charge on any atom is -0.480 e. The summed E-state index contributed by atoms with van der Waals surface area (Å²) in [6.07, 6.45) is 3.35. The van der Waals surface area contributed by atoms with Gasteiger partial charge in [-0.3, -0.25) is 9.69 Å². The lowest BCUT2D eigenvalue weighted by Gasteiger charge is -2.35. The van der Waals surface area contributed by atoms with E-state index in [1.54, 1.807) is 6.07 Å². The highest BCUT2D eigenvalue weighted by Gasteiger charge is 2.34. The number of nitrogens with one attached hydrogen (secondary N) is 1. The van der Waals surface area contributed by atoms with E-state index in [1.165, 1.54) is 12.1 Å². The lowest BCUT2D eigenvalue weighted by Crippen LogP contribution is -2.39. The van der Waals surface area contributed by atoms with E-state index in [0.717, 1.165) is 46.0 Å². The Morgan fingerprint density at radius 2 is 2.03 bits per heavy atom. The number of carboxylic acid groups (broad SMARTS) is 1. The summed E-state index contributed by atoms with van der Waals surface area (Å²) in [5.41, 5.74) is 4.12. The number of aliphatic carboxylic acids is 1. The molecule has 1 saturated heterocycles. The lowest BCUT2D eigenvalue weighted by molar-refractivity contribution is -0.144. The lowest BCUT2D eigenvalue weighted by atomic mass is 9.90. The highest BCUT2D eigenvalue weighted by atomic mass is 19.1. The number of likely N-dealkylation sites (tertiary alicyclic amines) is 1. The van der Waals surface area contributed by atoms with Crippen LogP contribution in [0.4, 0.5) is 4.39 Å². The summed E-state index contributed by atoms with van der Waals surface area (Å²) in [7, 11) is 0. The van der Waals surface area contributed by atoms with E-state index in [9.17, 15) is 14.3 Å². The second-order valence-electron chi connectivity index (χ2n) is 8.05. The van der Waals surface area contributed by atoms with Crippen LogP contribution in [0, 0.1) is 12.7 Å². The smallest absolute Gasteiger partial charge is 0.325 e. The molecule has 1 fully saturated rings. The molecule has 0 saturated carbocycles. The Morgan fingerprint density at radius 1 is 1.23 bits per heavy atom. The first-order valence-corrected chi connectivity index (χ1v) is 10.1. The number of halogens is 1. The number of carbonyl (C=O) groups is 1. The average molecular weight is 407 g/mol. The van der Waals surface area contributed by atoms with E-state index in [1.807, 2.05) is 36.2 Å². The molecule has 2 aromatic heterocycles. The summed E-state index contributed by atoms with van der Waals surface area (Å²) in [4.78, 5) is 17.4. The van der Waals surface area contributed by atoms with Crippen molar-refractivity contribution in [3.63, 3.8) is 0 Å². The Bertz CT molecular complexity index is 1240. The quantitative estimate of drug-likeness (QED) is 0.510. The number of hydrogen-bond acceptors (Lipinski definition) is 4. The molecule has 3 heterocycles. The fourth-order valence-electron chi connectivity index (χ4n) is 4.62. The Kier molecular flexibility index (Phi) is 4.55. The number of hydrogen-bond donors (Lipinski definition) is 2. The van der Waals surface area contributed by atoms with Gasteiger partial charge in [0.25, 0.3) is 0 Å². The molecule has 0 unspecified atom stereocenters. The molecule has 1 aliphatic rings. The molecule has 6 nitrogen and oxygen atoms in total. The molecule has 0 radical (unpaired) electrons. The van der Waals surface area contributed by atoms with Gasteiger partial charge >= 0.3 is 5.97 Å². The third-order valence-electron chi connectivity index (χ3n) is 6.14. The van der Waals surface area contributed by atoms with Crippen LogP contribution < -0.4 is 0 Å². The minimum atomic E-state index is -0.849. The summed E-state index contributed by atoms with van der Waals surface area (Å²) in [5, 5.41) is 16.0. The fourth-order valence-corrected chi connectivity index (χ4v) is 4.62. The van der Waals surface area contributed by atoms with Gasteiger partial charge in [-0.05, 0) is 57.1 Å². The van der Waals surface area contributed by atoms with Gasteiger partial charge in [0.1, 0.15) is 11.9 Å². The predicted octanol–water partition coefficient (Wildman–Crippen LogP) is 4.76. The van der Waals surface area contributed by atoms with Crippen LogP contribution in [0.25, 0.3) is 21.9 Å². The maximum absolute atomic E-state index is 13.4. The van der Waals surface area contributed by atoms with E-state index in [4.69, 9.17) is 4.52 Å². The Morgan fingerprint density at radius 3 is 2.80 bits per heavy atom. The molecule has 7 heteroatoms. The number of carboxylic acids is 1. The second kappa shape index (κ2) is 7.25. The molecule has 0 aliphatic carbocycles. The van der Waals surface area contributed by atoms with Gasteiger partial charge in [-0.2, -0.15) is 0 Å². The Hall–Kier alpha value is -3.19. The third-order valence-corrected chi connectivity index (χ3v) is 6.14. The highest BCUT2D eigenvalue weighted by Crippen LogP contribution is 2.37. The van der Waals surface area contributed by atoms with Gasteiger partial charge < -0.3 is 14.6 Å². The zero-order valence-corrected chi connectivity index (χ0v) is 16.6. The first-order chi connectivity index (χ1) is 14.5. The van der Waals surface area contributed by atoms with Gasteiger partial charge in [0.2, 0.25) is 0 Å². The number of aromatic nitrogens is 2. The Balaban J connectivity index is 1.40. The van der Waals surface area contributed by atoms with Gasteiger partial charge in [-0.15, -0.1) is 0 Å². The van der Waals surface area contributed by atoms with Crippen molar-refractivity contribution in [3.8, 4) is 0 Å². The van der Waals surface area contributed by atoms with E-state index >= 15 is 0 Å². The van der Waals surface area contributed by atoms with Crippen LogP contribution >= 0.6 is 0 Å². The van der Waals surface area contributed by atoms with Crippen molar-refractivity contribution in [3.05, 3.63) is 65.2 Å². The van der Waals surface area contributed by atoms with E-state index in [2.05, 4.69) is 10.1 Å². The SMILES string of the molecule is Cc1ccc2[nH]cc([C@@H](C(=O)O)N3CCC(c4noc5cc(F)ccc45)CC3)c2c1. The highest BCUT2D eigenvalue weighted by molar-refractivity contribution is 5.89. The summed E-state index contributed by atoms with van der Waals surface area (Å²) >= 11 is 0. The molecular formula is C23H22FN3O3. The standard InChI is InChI=1S/C23H22FN3O3/c1-13-2-5-19-17(10-13)18(12-25-19)22(23(28)29)27-8-6-14(7-9-27)21-16-4-3-15(24)11-20(16)30-26-21/h2-5,10-12,14,22,25H,6-9H2,1H3,(H,28,29)/t22-/m0/s1. The molecule has 0 spiro atoms. The summed E-state index contributed by atoms with van der Waals surface area (Å²) in [5.74, 6) is -1.04.